The van der Waals surface area contributed by atoms with E-state index in [1.165, 1.54) is 25.6 Å². The predicted octanol–water partition coefficient (Wildman–Crippen LogP) is 2.60. The standard InChI is InChI=1S/C15H16N2O2/c1-19-15(18)13-4-2-3-11(7-13)8-17-9-14(16-10-17)12-5-6-12/h2-4,7,9-10,12H,5-6,8H2,1H3. The molecule has 3 rings (SSSR count). The van der Waals surface area contributed by atoms with Crippen molar-refractivity contribution in [3.8, 4) is 0 Å². The first-order chi connectivity index (χ1) is 9.26. The zero-order valence-electron chi connectivity index (χ0n) is 10.9. The monoisotopic (exact) mass is 256 g/mol. The fourth-order valence-electron chi connectivity index (χ4n) is 2.18. The van der Waals surface area contributed by atoms with Crippen molar-refractivity contribution in [2.45, 2.75) is 25.3 Å². The number of nitrogens with zero attached hydrogens (tertiary/aromatic N) is 2. The second kappa shape index (κ2) is 4.88. The second-order valence-electron chi connectivity index (χ2n) is 4.94. The van der Waals surface area contributed by atoms with Crippen molar-refractivity contribution in [2.75, 3.05) is 7.11 Å². The van der Waals surface area contributed by atoms with Crippen LogP contribution in [0.2, 0.25) is 0 Å². The number of carbonyl (C=O) groups is 1. The van der Waals surface area contributed by atoms with Crippen LogP contribution in [-0.4, -0.2) is 22.6 Å². The highest BCUT2D eigenvalue weighted by atomic mass is 16.5. The molecule has 0 N–H and O–H groups in total. The van der Waals surface area contributed by atoms with Gasteiger partial charge in [0.2, 0.25) is 0 Å². The second-order valence-corrected chi connectivity index (χ2v) is 4.94. The molecule has 0 radical (unpaired) electrons. The largest absolute Gasteiger partial charge is 0.465 e. The van der Waals surface area contributed by atoms with Gasteiger partial charge in [-0.25, -0.2) is 9.78 Å². The van der Waals surface area contributed by atoms with Gasteiger partial charge in [0, 0.05) is 18.7 Å². The Morgan fingerprint density at radius 1 is 1.47 bits per heavy atom. The van der Waals surface area contributed by atoms with Gasteiger partial charge in [0.05, 0.1) is 24.7 Å². The molecule has 1 aliphatic rings. The Labute approximate surface area is 112 Å². The lowest BCUT2D eigenvalue weighted by Crippen LogP contribution is -2.03. The van der Waals surface area contributed by atoms with E-state index < -0.39 is 0 Å². The number of rotatable bonds is 4. The lowest BCUT2D eigenvalue weighted by molar-refractivity contribution is 0.0600. The molecule has 1 aromatic carbocycles. The minimum atomic E-state index is -0.300. The summed E-state index contributed by atoms with van der Waals surface area (Å²) in [4.78, 5) is 15.9. The number of ether oxygens (including phenoxy) is 1. The van der Waals surface area contributed by atoms with Gasteiger partial charge in [-0.2, -0.15) is 0 Å². The average Bonchev–Trinajstić information content (AvgIpc) is 3.19. The van der Waals surface area contributed by atoms with E-state index in [1.807, 2.05) is 24.5 Å². The molecule has 0 unspecified atom stereocenters. The number of benzene rings is 1. The average molecular weight is 256 g/mol. The molecule has 0 amide bonds. The van der Waals surface area contributed by atoms with Crippen LogP contribution in [-0.2, 0) is 11.3 Å². The molecule has 98 valence electrons. The zero-order chi connectivity index (χ0) is 13.2. The van der Waals surface area contributed by atoms with E-state index in [4.69, 9.17) is 4.74 Å². The maximum atomic E-state index is 11.5. The summed E-state index contributed by atoms with van der Waals surface area (Å²) in [5.41, 5.74) is 2.84. The smallest absolute Gasteiger partial charge is 0.337 e. The summed E-state index contributed by atoms with van der Waals surface area (Å²) in [5, 5.41) is 0. The summed E-state index contributed by atoms with van der Waals surface area (Å²) >= 11 is 0. The van der Waals surface area contributed by atoms with E-state index in [1.54, 1.807) is 6.07 Å². The Kier molecular flexibility index (Phi) is 3.07. The summed E-state index contributed by atoms with van der Waals surface area (Å²) in [6, 6.07) is 7.51. The minimum Gasteiger partial charge on any atom is -0.465 e. The van der Waals surface area contributed by atoms with Gasteiger partial charge in [-0.15, -0.1) is 0 Å². The van der Waals surface area contributed by atoms with E-state index in [0.717, 1.165) is 12.1 Å². The van der Waals surface area contributed by atoms with Crippen LogP contribution in [0.5, 0.6) is 0 Å². The molecule has 1 saturated carbocycles. The molecule has 0 atom stereocenters. The molecule has 0 aliphatic heterocycles. The molecule has 0 saturated heterocycles. The third kappa shape index (κ3) is 2.67. The molecule has 1 aromatic heterocycles. The first-order valence-electron chi connectivity index (χ1n) is 6.45. The molecule has 4 heteroatoms. The number of hydrogen-bond acceptors (Lipinski definition) is 3. The van der Waals surface area contributed by atoms with E-state index in [9.17, 15) is 4.79 Å². The molecule has 0 spiro atoms. The normalized spacial score (nSPS) is 14.4. The van der Waals surface area contributed by atoms with Gasteiger partial charge in [0.1, 0.15) is 0 Å². The quantitative estimate of drug-likeness (QED) is 0.790. The van der Waals surface area contributed by atoms with E-state index in [-0.39, 0.29) is 5.97 Å². The third-order valence-electron chi connectivity index (χ3n) is 3.36. The van der Waals surface area contributed by atoms with Crippen LogP contribution >= 0.6 is 0 Å². The van der Waals surface area contributed by atoms with Crippen molar-refractivity contribution in [2.24, 2.45) is 0 Å². The SMILES string of the molecule is COC(=O)c1cccc(Cn2cnc(C3CC3)c2)c1. The molecule has 19 heavy (non-hydrogen) atoms. The van der Waals surface area contributed by atoms with Gasteiger partial charge in [-0.3, -0.25) is 0 Å². The molecular weight excluding hydrogens is 240 g/mol. The van der Waals surface area contributed by atoms with Crippen LogP contribution in [0, 0.1) is 0 Å². The summed E-state index contributed by atoms with van der Waals surface area (Å²) in [6.45, 7) is 0.727. The summed E-state index contributed by atoms with van der Waals surface area (Å²) < 4.78 is 6.79. The van der Waals surface area contributed by atoms with Crippen LogP contribution < -0.4 is 0 Å². The van der Waals surface area contributed by atoms with E-state index in [2.05, 4.69) is 15.7 Å². The van der Waals surface area contributed by atoms with Crippen molar-refractivity contribution in [1.29, 1.82) is 0 Å². The van der Waals surface area contributed by atoms with Gasteiger partial charge in [0.25, 0.3) is 0 Å². The van der Waals surface area contributed by atoms with Gasteiger partial charge < -0.3 is 9.30 Å². The molecule has 1 fully saturated rings. The van der Waals surface area contributed by atoms with E-state index in [0.29, 0.717) is 11.5 Å². The minimum absolute atomic E-state index is 0.300. The highest BCUT2D eigenvalue weighted by molar-refractivity contribution is 5.89. The topological polar surface area (TPSA) is 44.1 Å². The summed E-state index contributed by atoms with van der Waals surface area (Å²) in [7, 11) is 1.40. The van der Waals surface area contributed by atoms with Crippen LogP contribution in [0.3, 0.4) is 0 Å². The number of imidazole rings is 1. The van der Waals surface area contributed by atoms with Gasteiger partial charge in [-0.05, 0) is 30.5 Å². The Morgan fingerprint density at radius 3 is 3.05 bits per heavy atom. The van der Waals surface area contributed by atoms with Crippen molar-refractivity contribution in [3.63, 3.8) is 0 Å². The van der Waals surface area contributed by atoms with Gasteiger partial charge in [0.15, 0.2) is 0 Å². The fourth-order valence-corrected chi connectivity index (χ4v) is 2.18. The van der Waals surface area contributed by atoms with Gasteiger partial charge >= 0.3 is 5.97 Å². The van der Waals surface area contributed by atoms with E-state index >= 15 is 0 Å². The number of aromatic nitrogens is 2. The predicted molar refractivity (Wildman–Crippen MR) is 71.1 cm³/mol. The molecular formula is C15H16N2O2. The number of carbonyl (C=O) groups excluding carboxylic acids is 1. The highest BCUT2D eigenvalue weighted by Crippen LogP contribution is 2.38. The van der Waals surface area contributed by atoms with Crippen molar-refractivity contribution >= 4 is 5.97 Å². The number of hydrogen-bond donors (Lipinski definition) is 0. The Morgan fingerprint density at radius 2 is 2.32 bits per heavy atom. The maximum Gasteiger partial charge on any atom is 0.337 e. The van der Waals surface area contributed by atoms with Crippen molar-refractivity contribution < 1.29 is 9.53 Å². The molecule has 0 bridgehead atoms. The first kappa shape index (κ1) is 12.0. The van der Waals surface area contributed by atoms with Crippen LogP contribution in [0.4, 0.5) is 0 Å². The molecule has 1 heterocycles. The van der Waals surface area contributed by atoms with Gasteiger partial charge in [-0.1, -0.05) is 12.1 Å². The molecule has 1 aliphatic carbocycles. The fraction of sp³-hybridized carbons (Fsp3) is 0.333. The van der Waals surface area contributed by atoms with Crippen LogP contribution in [0.25, 0.3) is 0 Å². The first-order valence-corrected chi connectivity index (χ1v) is 6.45. The number of esters is 1. The Bertz CT molecular complexity index is 600. The molecule has 4 nitrogen and oxygen atoms in total. The zero-order valence-corrected chi connectivity index (χ0v) is 10.9. The van der Waals surface area contributed by atoms with Crippen LogP contribution in [0.1, 0.15) is 40.4 Å². The van der Waals surface area contributed by atoms with Crippen molar-refractivity contribution in [3.05, 3.63) is 53.6 Å². The Balaban J connectivity index is 1.76. The molecule has 2 aromatic rings. The lowest BCUT2D eigenvalue weighted by Gasteiger charge is -2.04. The lowest BCUT2D eigenvalue weighted by atomic mass is 10.1. The third-order valence-corrected chi connectivity index (χ3v) is 3.36. The maximum absolute atomic E-state index is 11.5. The summed E-state index contributed by atoms with van der Waals surface area (Å²) in [5.74, 6) is 0.369. The van der Waals surface area contributed by atoms with Crippen LogP contribution in [0.15, 0.2) is 36.8 Å². The highest BCUT2D eigenvalue weighted by Gasteiger charge is 2.25. The van der Waals surface area contributed by atoms with Crippen molar-refractivity contribution in [1.82, 2.24) is 9.55 Å². The summed E-state index contributed by atoms with van der Waals surface area (Å²) in [6.07, 6.45) is 6.48. The number of methoxy groups -OCH3 is 1. The Hall–Kier alpha value is -2.10.